The number of ether oxygens (including phenoxy) is 1. The molecule has 2 N–H and O–H groups in total. The minimum Gasteiger partial charge on any atom is -0.495 e. The number of methoxy groups -OCH3 is 1. The maximum atomic E-state index is 12.9. The van der Waals surface area contributed by atoms with Gasteiger partial charge in [0.25, 0.3) is 11.8 Å². The molecule has 31 heavy (non-hydrogen) atoms. The lowest BCUT2D eigenvalue weighted by molar-refractivity contribution is -0.137. The molecule has 1 aromatic heterocycles. The summed E-state index contributed by atoms with van der Waals surface area (Å²) >= 11 is 0. The third-order valence-electron chi connectivity index (χ3n) is 4.40. The molecular formula is C22H18F3N3O3. The van der Waals surface area contributed by atoms with Crippen molar-refractivity contribution in [2.45, 2.75) is 13.1 Å². The minimum atomic E-state index is -4.56. The van der Waals surface area contributed by atoms with Crippen molar-refractivity contribution < 1.29 is 27.5 Å². The number of pyridine rings is 1. The van der Waals surface area contributed by atoms with Crippen molar-refractivity contribution in [1.82, 2.24) is 4.98 Å². The van der Waals surface area contributed by atoms with E-state index in [0.717, 1.165) is 18.2 Å². The van der Waals surface area contributed by atoms with Gasteiger partial charge in [0, 0.05) is 22.9 Å². The lowest BCUT2D eigenvalue weighted by Crippen LogP contribution is -2.16. The number of nitrogens with zero attached hydrogens (tertiary/aromatic N) is 1. The number of amides is 2. The van der Waals surface area contributed by atoms with Crippen LogP contribution < -0.4 is 15.4 Å². The largest absolute Gasteiger partial charge is 0.495 e. The molecule has 0 saturated heterocycles. The van der Waals surface area contributed by atoms with Gasteiger partial charge in [0.15, 0.2) is 0 Å². The Kier molecular flexibility index (Phi) is 6.24. The highest BCUT2D eigenvalue weighted by molar-refractivity contribution is 6.08. The van der Waals surface area contributed by atoms with E-state index < -0.39 is 23.6 Å². The SMILES string of the molecule is COc1cncc(NC(=O)c2cc(NC(=O)c3cccc(C(F)(F)F)c3)ccc2C)c1. The summed E-state index contributed by atoms with van der Waals surface area (Å²) in [6.07, 6.45) is -1.61. The Morgan fingerprint density at radius 1 is 0.935 bits per heavy atom. The van der Waals surface area contributed by atoms with Gasteiger partial charge < -0.3 is 15.4 Å². The fraction of sp³-hybridized carbons (Fsp3) is 0.136. The first-order valence-electron chi connectivity index (χ1n) is 9.07. The molecule has 0 aliphatic carbocycles. The fourth-order valence-corrected chi connectivity index (χ4v) is 2.78. The molecule has 6 nitrogen and oxygen atoms in total. The zero-order chi connectivity index (χ0) is 22.6. The van der Waals surface area contributed by atoms with E-state index in [9.17, 15) is 22.8 Å². The molecule has 0 aliphatic heterocycles. The Hall–Kier alpha value is -3.88. The summed E-state index contributed by atoms with van der Waals surface area (Å²) in [5.74, 6) is -0.697. The molecule has 0 saturated carbocycles. The van der Waals surface area contributed by atoms with Gasteiger partial charge in [0.1, 0.15) is 5.75 Å². The van der Waals surface area contributed by atoms with Crippen LogP contribution in [-0.4, -0.2) is 23.9 Å². The molecule has 2 aromatic carbocycles. The highest BCUT2D eigenvalue weighted by Gasteiger charge is 2.30. The molecule has 0 atom stereocenters. The van der Waals surface area contributed by atoms with Crippen LogP contribution in [-0.2, 0) is 6.18 Å². The summed E-state index contributed by atoms with van der Waals surface area (Å²) in [6, 6.07) is 10.3. The van der Waals surface area contributed by atoms with Gasteiger partial charge in [-0.1, -0.05) is 12.1 Å². The number of carbonyl (C=O) groups is 2. The maximum absolute atomic E-state index is 12.9. The van der Waals surface area contributed by atoms with E-state index in [0.29, 0.717) is 17.0 Å². The van der Waals surface area contributed by atoms with E-state index in [2.05, 4.69) is 15.6 Å². The zero-order valence-electron chi connectivity index (χ0n) is 16.6. The van der Waals surface area contributed by atoms with Crippen LogP contribution in [0.2, 0.25) is 0 Å². The molecule has 9 heteroatoms. The lowest BCUT2D eigenvalue weighted by atomic mass is 10.1. The van der Waals surface area contributed by atoms with Gasteiger partial charge in [-0.15, -0.1) is 0 Å². The molecular weight excluding hydrogens is 411 g/mol. The summed E-state index contributed by atoms with van der Waals surface area (Å²) in [4.78, 5) is 29.1. The van der Waals surface area contributed by atoms with Crippen molar-refractivity contribution in [3.05, 3.63) is 83.2 Å². The summed E-state index contributed by atoms with van der Waals surface area (Å²) in [5, 5.41) is 5.21. The molecule has 2 amide bonds. The minimum absolute atomic E-state index is 0.149. The van der Waals surface area contributed by atoms with E-state index >= 15 is 0 Å². The molecule has 0 bridgehead atoms. The average molecular weight is 429 g/mol. The number of halogens is 3. The molecule has 1 heterocycles. The van der Waals surface area contributed by atoms with Crippen molar-refractivity contribution in [2.24, 2.45) is 0 Å². The number of aromatic nitrogens is 1. The molecule has 3 aromatic rings. The first-order valence-corrected chi connectivity index (χ1v) is 9.07. The number of benzene rings is 2. The number of anilines is 2. The monoisotopic (exact) mass is 429 g/mol. The van der Waals surface area contributed by atoms with Gasteiger partial charge in [-0.2, -0.15) is 13.2 Å². The topological polar surface area (TPSA) is 80.3 Å². The first kappa shape index (κ1) is 21.8. The second-order valence-corrected chi connectivity index (χ2v) is 6.63. The number of carbonyl (C=O) groups excluding carboxylic acids is 2. The number of rotatable bonds is 5. The maximum Gasteiger partial charge on any atom is 0.416 e. The Balaban J connectivity index is 1.79. The van der Waals surface area contributed by atoms with Gasteiger partial charge in [-0.25, -0.2) is 0 Å². The molecule has 0 spiro atoms. The Morgan fingerprint density at radius 2 is 1.68 bits per heavy atom. The predicted octanol–water partition coefficient (Wildman–Crippen LogP) is 4.92. The zero-order valence-corrected chi connectivity index (χ0v) is 16.6. The van der Waals surface area contributed by atoms with E-state index in [4.69, 9.17) is 4.74 Å². The van der Waals surface area contributed by atoms with Crippen LogP contribution in [0.5, 0.6) is 5.75 Å². The van der Waals surface area contributed by atoms with Crippen LogP contribution in [0.25, 0.3) is 0 Å². The molecule has 0 fully saturated rings. The number of alkyl halides is 3. The molecule has 0 radical (unpaired) electrons. The second kappa shape index (κ2) is 8.86. The molecule has 160 valence electrons. The standard InChI is InChI=1S/C22H18F3N3O3/c1-13-6-7-16(27-20(29)14-4-3-5-15(8-14)22(23,24)25)10-19(13)21(30)28-17-9-18(31-2)12-26-11-17/h3-12H,1-2H3,(H,27,29)(H,28,30). The quantitative estimate of drug-likeness (QED) is 0.603. The highest BCUT2D eigenvalue weighted by atomic mass is 19.4. The number of nitrogens with one attached hydrogen (secondary N) is 2. The van der Waals surface area contributed by atoms with Gasteiger partial charge in [0.05, 0.1) is 30.8 Å². The van der Waals surface area contributed by atoms with Crippen LogP contribution in [0.4, 0.5) is 24.5 Å². The summed E-state index contributed by atoms with van der Waals surface area (Å²) in [6.45, 7) is 1.72. The normalized spacial score (nSPS) is 11.0. The predicted molar refractivity (Wildman–Crippen MR) is 109 cm³/mol. The number of hydrogen-bond acceptors (Lipinski definition) is 4. The van der Waals surface area contributed by atoms with E-state index in [1.807, 2.05) is 0 Å². The summed E-state index contributed by atoms with van der Waals surface area (Å²) in [5.41, 5.74) is 0.541. The number of aryl methyl sites for hydroxylation is 1. The van der Waals surface area contributed by atoms with Crippen LogP contribution >= 0.6 is 0 Å². The Labute approximate surface area is 176 Å². The third kappa shape index (κ3) is 5.39. The van der Waals surface area contributed by atoms with Crippen LogP contribution in [0.3, 0.4) is 0 Å². The van der Waals surface area contributed by atoms with Gasteiger partial charge in [-0.3, -0.25) is 14.6 Å². The number of hydrogen-bond donors (Lipinski definition) is 2. The Bertz CT molecular complexity index is 1130. The lowest BCUT2D eigenvalue weighted by Gasteiger charge is -2.12. The fourth-order valence-electron chi connectivity index (χ4n) is 2.78. The summed E-state index contributed by atoms with van der Waals surface area (Å²) < 4.78 is 43.7. The van der Waals surface area contributed by atoms with Crippen molar-refractivity contribution in [2.75, 3.05) is 17.7 Å². The average Bonchev–Trinajstić information content (AvgIpc) is 2.74. The van der Waals surface area contributed by atoms with Gasteiger partial charge in [-0.05, 0) is 42.8 Å². The molecule has 0 aliphatic rings. The van der Waals surface area contributed by atoms with Gasteiger partial charge >= 0.3 is 6.18 Å². The van der Waals surface area contributed by atoms with Crippen molar-refractivity contribution in [1.29, 1.82) is 0 Å². The molecule has 0 unspecified atom stereocenters. The van der Waals surface area contributed by atoms with E-state index in [-0.39, 0.29) is 16.8 Å². The Morgan fingerprint density at radius 3 is 2.39 bits per heavy atom. The second-order valence-electron chi connectivity index (χ2n) is 6.63. The van der Waals surface area contributed by atoms with Crippen molar-refractivity contribution >= 4 is 23.2 Å². The van der Waals surface area contributed by atoms with E-state index in [1.165, 1.54) is 31.6 Å². The highest BCUT2D eigenvalue weighted by Crippen LogP contribution is 2.29. The summed E-state index contributed by atoms with van der Waals surface area (Å²) in [7, 11) is 1.48. The van der Waals surface area contributed by atoms with Gasteiger partial charge in [0.2, 0.25) is 0 Å². The smallest absolute Gasteiger partial charge is 0.416 e. The van der Waals surface area contributed by atoms with Crippen LogP contribution in [0.15, 0.2) is 60.9 Å². The van der Waals surface area contributed by atoms with Crippen LogP contribution in [0, 0.1) is 6.92 Å². The first-order chi connectivity index (χ1) is 14.7. The van der Waals surface area contributed by atoms with Crippen LogP contribution in [0.1, 0.15) is 31.8 Å². The van der Waals surface area contributed by atoms with Crippen molar-refractivity contribution in [3.63, 3.8) is 0 Å². The molecule has 3 rings (SSSR count). The van der Waals surface area contributed by atoms with Crippen molar-refractivity contribution in [3.8, 4) is 5.75 Å². The van der Waals surface area contributed by atoms with E-state index in [1.54, 1.807) is 25.1 Å². The third-order valence-corrected chi connectivity index (χ3v) is 4.40.